The number of aryl methyl sites for hydroxylation is 1. The van der Waals surface area contributed by atoms with Crippen LogP contribution in [0.5, 0.6) is 0 Å². The standard InChI is InChI=1S/C22H27ClN2O3S2/c1-16-7-10-19(11-8-16)30(27,28)25-17-9-12-20(21(23)15-17)22(26)24-13-14-29-18-5-3-2-4-6-18/h7-12,15,18,25H,2-6,13-14H2,1H3,(H,24,26). The first-order chi connectivity index (χ1) is 14.3. The first-order valence-corrected chi connectivity index (χ1v) is 13.0. The fraction of sp³-hybridized carbons (Fsp3) is 0.409. The van der Waals surface area contributed by atoms with Crippen molar-refractivity contribution in [3.8, 4) is 0 Å². The lowest BCUT2D eigenvalue weighted by Crippen LogP contribution is -2.26. The molecule has 0 atom stereocenters. The molecule has 0 aromatic heterocycles. The Bertz CT molecular complexity index is 972. The molecular weight excluding hydrogens is 440 g/mol. The molecule has 0 saturated heterocycles. The molecule has 0 aliphatic heterocycles. The van der Waals surface area contributed by atoms with Crippen LogP contribution in [0.15, 0.2) is 47.4 Å². The number of carbonyl (C=O) groups excluding carboxylic acids is 1. The third-order valence-corrected chi connectivity index (χ3v) is 8.18. The quantitative estimate of drug-likeness (QED) is 0.521. The van der Waals surface area contributed by atoms with E-state index in [1.165, 1.54) is 38.2 Å². The second-order valence-corrected chi connectivity index (χ2v) is 11.0. The van der Waals surface area contributed by atoms with Gasteiger partial charge in [-0.05, 0) is 50.1 Å². The van der Waals surface area contributed by atoms with Crippen LogP contribution in [-0.4, -0.2) is 31.9 Å². The van der Waals surface area contributed by atoms with Crippen LogP contribution in [0.4, 0.5) is 5.69 Å². The number of amides is 1. The smallest absolute Gasteiger partial charge is 0.261 e. The summed E-state index contributed by atoms with van der Waals surface area (Å²) in [7, 11) is -3.72. The molecule has 3 rings (SSSR count). The van der Waals surface area contributed by atoms with Crippen LogP contribution in [0.2, 0.25) is 5.02 Å². The van der Waals surface area contributed by atoms with Gasteiger partial charge in [-0.1, -0.05) is 48.6 Å². The lowest BCUT2D eigenvalue weighted by molar-refractivity contribution is 0.0956. The van der Waals surface area contributed by atoms with Gasteiger partial charge in [-0.2, -0.15) is 11.8 Å². The highest BCUT2D eigenvalue weighted by atomic mass is 35.5. The fourth-order valence-electron chi connectivity index (χ4n) is 3.41. The van der Waals surface area contributed by atoms with Crippen molar-refractivity contribution in [2.75, 3.05) is 17.0 Å². The van der Waals surface area contributed by atoms with Gasteiger partial charge in [0.2, 0.25) is 0 Å². The molecule has 2 N–H and O–H groups in total. The van der Waals surface area contributed by atoms with Crippen molar-refractivity contribution < 1.29 is 13.2 Å². The number of thioether (sulfide) groups is 1. The molecule has 1 saturated carbocycles. The van der Waals surface area contributed by atoms with Crippen molar-refractivity contribution in [2.45, 2.75) is 49.2 Å². The lowest BCUT2D eigenvalue weighted by Gasteiger charge is -2.20. The lowest BCUT2D eigenvalue weighted by atomic mass is 10.0. The maximum absolute atomic E-state index is 12.5. The number of hydrogen-bond donors (Lipinski definition) is 2. The molecule has 0 bridgehead atoms. The van der Waals surface area contributed by atoms with Crippen molar-refractivity contribution in [1.82, 2.24) is 5.32 Å². The van der Waals surface area contributed by atoms with Crippen LogP contribution in [0.1, 0.15) is 48.0 Å². The minimum absolute atomic E-state index is 0.168. The van der Waals surface area contributed by atoms with Crippen LogP contribution in [-0.2, 0) is 10.0 Å². The van der Waals surface area contributed by atoms with Gasteiger partial charge in [0.15, 0.2) is 0 Å². The molecular formula is C22H27ClN2O3S2. The fourth-order valence-corrected chi connectivity index (χ4v) is 5.95. The first kappa shape index (κ1) is 23.0. The van der Waals surface area contributed by atoms with Gasteiger partial charge in [0, 0.05) is 17.5 Å². The van der Waals surface area contributed by atoms with Crippen molar-refractivity contribution in [3.63, 3.8) is 0 Å². The molecule has 30 heavy (non-hydrogen) atoms. The van der Waals surface area contributed by atoms with Crippen molar-refractivity contribution in [3.05, 3.63) is 58.6 Å². The zero-order chi connectivity index (χ0) is 21.6. The highest BCUT2D eigenvalue weighted by molar-refractivity contribution is 7.99. The monoisotopic (exact) mass is 466 g/mol. The van der Waals surface area contributed by atoms with Gasteiger partial charge in [-0.3, -0.25) is 9.52 Å². The van der Waals surface area contributed by atoms with Crippen LogP contribution in [0, 0.1) is 6.92 Å². The maximum atomic E-state index is 12.5. The Hall–Kier alpha value is -1.70. The second-order valence-electron chi connectivity index (χ2n) is 7.50. The molecule has 5 nitrogen and oxygen atoms in total. The number of anilines is 1. The van der Waals surface area contributed by atoms with Gasteiger partial charge in [0.05, 0.1) is 21.2 Å². The normalized spacial score (nSPS) is 15.0. The van der Waals surface area contributed by atoms with E-state index < -0.39 is 10.0 Å². The predicted molar refractivity (Wildman–Crippen MR) is 125 cm³/mol. The zero-order valence-corrected chi connectivity index (χ0v) is 19.4. The highest BCUT2D eigenvalue weighted by Gasteiger charge is 2.17. The summed E-state index contributed by atoms with van der Waals surface area (Å²) in [5.74, 6) is 0.625. The molecule has 0 unspecified atom stereocenters. The summed E-state index contributed by atoms with van der Waals surface area (Å²) in [5, 5.41) is 3.81. The summed E-state index contributed by atoms with van der Waals surface area (Å²) in [6.07, 6.45) is 6.48. The van der Waals surface area contributed by atoms with Gasteiger partial charge < -0.3 is 5.32 Å². The molecule has 2 aromatic carbocycles. The molecule has 1 aliphatic carbocycles. The molecule has 162 valence electrons. The van der Waals surface area contributed by atoms with E-state index in [4.69, 9.17) is 11.6 Å². The van der Waals surface area contributed by atoms with E-state index in [0.29, 0.717) is 23.0 Å². The molecule has 1 fully saturated rings. The Kier molecular flexibility index (Phi) is 8.08. The summed E-state index contributed by atoms with van der Waals surface area (Å²) in [4.78, 5) is 12.6. The van der Waals surface area contributed by atoms with Gasteiger partial charge in [-0.25, -0.2) is 8.42 Å². The topological polar surface area (TPSA) is 75.3 Å². The average molecular weight is 467 g/mol. The van der Waals surface area contributed by atoms with Crippen molar-refractivity contribution in [2.24, 2.45) is 0 Å². The third-order valence-electron chi connectivity index (χ3n) is 5.09. The number of hydrogen-bond acceptors (Lipinski definition) is 4. The molecule has 0 radical (unpaired) electrons. The molecule has 1 aliphatic rings. The van der Waals surface area contributed by atoms with Crippen LogP contribution >= 0.6 is 23.4 Å². The Labute approximate surface area is 188 Å². The summed E-state index contributed by atoms with van der Waals surface area (Å²) in [6, 6.07) is 11.1. The molecule has 1 amide bonds. The van der Waals surface area contributed by atoms with E-state index in [9.17, 15) is 13.2 Å². The summed E-state index contributed by atoms with van der Waals surface area (Å²) in [6.45, 7) is 2.47. The summed E-state index contributed by atoms with van der Waals surface area (Å²) >= 11 is 8.18. The number of halogens is 1. The number of benzene rings is 2. The van der Waals surface area contributed by atoms with Crippen LogP contribution in [0.25, 0.3) is 0 Å². The Balaban J connectivity index is 1.55. The number of sulfonamides is 1. The Morgan fingerprint density at radius 1 is 1.10 bits per heavy atom. The largest absolute Gasteiger partial charge is 0.351 e. The van der Waals surface area contributed by atoms with Crippen LogP contribution < -0.4 is 10.0 Å². The van der Waals surface area contributed by atoms with E-state index in [0.717, 1.165) is 11.3 Å². The predicted octanol–water partition coefficient (Wildman–Crippen LogP) is 5.24. The molecule has 0 heterocycles. The SMILES string of the molecule is Cc1ccc(S(=O)(=O)Nc2ccc(C(=O)NCCSC3CCCCC3)c(Cl)c2)cc1. The number of carbonyl (C=O) groups is 1. The minimum atomic E-state index is -3.72. The molecule has 0 spiro atoms. The van der Waals surface area contributed by atoms with E-state index in [1.54, 1.807) is 36.4 Å². The van der Waals surface area contributed by atoms with Crippen molar-refractivity contribution in [1.29, 1.82) is 0 Å². The zero-order valence-electron chi connectivity index (χ0n) is 17.0. The average Bonchev–Trinajstić information content (AvgIpc) is 2.72. The third kappa shape index (κ3) is 6.40. The van der Waals surface area contributed by atoms with Crippen LogP contribution in [0.3, 0.4) is 0 Å². The Morgan fingerprint density at radius 2 is 1.80 bits per heavy atom. The number of nitrogens with one attached hydrogen (secondary N) is 2. The summed E-state index contributed by atoms with van der Waals surface area (Å²) in [5.41, 5.74) is 1.62. The van der Waals surface area contributed by atoms with Crippen molar-refractivity contribution >= 4 is 45.0 Å². The summed E-state index contributed by atoms with van der Waals surface area (Å²) < 4.78 is 27.5. The van der Waals surface area contributed by atoms with Gasteiger partial charge in [-0.15, -0.1) is 0 Å². The molecule has 8 heteroatoms. The van der Waals surface area contributed by atoms with E-state index in [1.807, 2.05) is 18.7 Å². The minimum Gasteiger partial charge on any atom is -0.351 e. The first-order valence-electron chi connectivity index (χ1n) is 10.1. The highest BCUT2D eigenvalue weighted by Crippen LogP contribution is 2.28. The van der Waals surface area contributed by atoms with Gasteiger partial charge in [0.1, 0.15) is 0 Å². The van der Waals surface area contributed by atoms with E-state index >= 15 is 0 Å². The Morgan fingerprint density at radius 3 is 2.47 bits per heavy atom. The van der Waals surface area contributed by atoms with E-state index in [2.05, 4.69) is 10.0 Å². The van der Waals surface area contributed by atoms with Gasteiger partial charge >= 0.3 is 0 Å². The maximum Gasteiger partial charge on any atom is 0.261 e. The second kappa shape index (κ2) is 10.6. The number of rotatable bonds is 8. The molecule has 2 aromatic rings. The van der Waals surface area contributed by atoms with Gasteiger partial charge in [0.25, 0.3) is 15.9 Å². The van der Waals surface area contributed by atoms with E-state index in [-0.39, 0.29) is 15.8 Å².